The van der Waals surface area contributed by atoms with Crippen molar-refractivity contribution in [3.05, 3.63) is 29.8 Å². The van der Waals surface area contributed by atoms with Crippen molar-refractivity contribution in [1.82, 2.24) is 0 Å². The number of aliphatic carboxylic acids is 1. The lowest BCUT2D eigenvalue weighted by Crippen LogP contribution is -2.32. The summed E-state index contributed by atoms with van der Waals surface area (Å²) >= 11 is 0. The molecule has 0 atom stereocenters. The molecule has 0 fully saturated rings. The van der Waals surface area contributed by atoms with Crippen molar-refractivity contribution in [2.75, 3.05) is 7.11 Å². The fraction of sp³-hybridized carbons (Fsp3) is 0.333. The molecule has 5 nitrogen and oxygen atoms in total. The molecule has 0 unspecified atom stereocenters. The Balaban J connectivity index is 2.68. The van der Waals surface area contributed by atoms with E-state index in [0.29, 0.717) is 5.75 Å². The molecule has 0 amide bonds. The highest BCUT2D eigenvalue weighted by atomic mass is 16.7. The number of carboxylic acid groups (broad SMARTS) is 1. The van der Waals surface area contributed by atoms with Crippen molar-refractivity contribution < 1.29 is 19.5 Å². The van der Waals surface area contributed by atoms with E-state index in [1.165, 1.54) is 20.1 Å². The third kappa shape index (κ3) is 3.79. The van der Waals surface area contributed by atoms with Crippen molar-refractivity contribution in [2.24, 2.45) is 5.16 Å². The van der Waals surface area contributed by atoms with E-state index in [2.05, 4.69) is 5.16 Å². The van der Waals surface area contributed by atoms with E-state index in [0.717, 1.165) is 5.56 Å². The zero-order valence-electron chi connectivity index (χ0n) is 10.0. The van der Waals surface area contributed by atoms with Gasteiger partial charge in [-0.3, -0.25) is 0 Å². The Morgan fingerprint density at radius 1 is 1.47 bits per heavy atom. The molecule has 0 bridgehead atoms. The first-order valence-corrected chi connectivity index (χ1v) is 5.05. The molecular formula is C12H15NO4. The van der Waals surface area contributed by atoms with Crippen LogP contribution >= 0.6 is 0 Å². The first-order chi connectivity index (χ1) is 7.95. The SMILES string of the molecule is COc1cccc(/C=N/OC(C)(C)C(=O)O)c1. The lowest BCUT2D eigenvalue weighted by molar-refractivity contribution is -0.161. The van der Waals surface area contributed by atoms with Gasteiger partial charge < -0.3 is 14.7 Å². The standard InChI is InChI=1S/C12H15NO4/c1-12(2,11(14)15)17-13-8-9-5-4-6-10(7-9)16-3/h4-8H,1-3H3,(H,14,15)/b13-8+. The Labute approximate surface area is 99.7 Å². The van der Waals surface area contributed by atoms with E-state index in [-0.39, 0.29) is 0 Å². The largest absolute Gasteiger partial charge is 0.497 e. The van der Waals surface area contributed by atoms with Crippen LogP contribution in [0.4, 0.5) is 0 Å². The molecule has 5 heteroatoms. The van der Waals surface area contributed by atoms with E-state index >= 15 is 0 Å². The summed E-state index contributed by atoms with van der Waals surface area (Å²) in [4.78, 5) is 15.6. The van der Waals surface area contributed by atoms with Gasteiger partial charge in [0.05, 0.1) is 13.3 Å². The zero-order chi connectivity index (χ0) is 12.9. The van der Waals surface area contributed by atoms with E-state index < -0.39 is 11.6 Å². The summed E-state index contributed by atoms with van der Waals surface area (Å²) in [5, 5.41) is 12.5. The molecule has 0 aliphatic rings. The van der Waals surface area contributed by atoms with E-state index in [1.54, 1.807) is 19.2 Å². The van der Waals surface area contributed by atoms with Gasteiger partial charge in [-0.05, 0) is 31.5 Å². The summed E-state index contributed by atoms with van der Waals surface area (Å²) in [5.41, 5.74) is -0.569. The minimum Gasteiger partial charge on any atom is -0.497 e. The van der Waals surface area contributed by atoms with Crippen molar-refractivity contribution in [2.45, 2.75) is 19.4 Å². The van der Waals surface area contributed by atoms with E-state index in [9.17, 15) is 4.79 Å². The van der Waals surface area contributed by atoms with E-state index in [1.807, 2.05) is 12.1 Å². The average molecular weight is 237 g/mol. The predicted octanol–water partition coefficient (Wildman–Crippen LogP) is 1.91. The molecular weight excluding hydrogens is 222 g/mol. The fourth-order valence-electron chi connectivity index (χ4n) is 0.980. The third-order valence-corrected chi connectivity index (χ3v) is 2.09. The molecule has 0 aromatic heterocycles. The molecule has 1 aromatic rings. The third-order valence-electron chi connectivity index (χ3n) is 2.09. The number of ether oxygens (including phenoxy) is 1. The number of nitrogens with zero attached hydrogens (tertiary/aromatic N) is 1. The Bertz CT molecular complexity index is 426. The second kappa shape index (κ2) is 5.34. The highest BCUT2D eigenvalue weighted by molar-refractivity contribution is 5.80. The summed E-state index contributed by atoms with van der Waals surface area (Å²) in [7, 11) is 1.57. The smallest absolute Gasteiger partial charge is 0.350 e. The van der Waals surface area contributed by atoms with Gasteiger partial charge in [-0.1, -0.05) is 17.3 Å². The van der Waals surface area contributed by atoms with Crippen molar-refractivity contribution in [3.63, 3.8) is 0 Å². The second-order valence-electron chi connectivity index (χ2n) is 3.92. The number of hydrogen-bond acceptors (Lipinski definition) is 4. The van der Waals surface area contributed by atoms with Gasteiger partial charge in [-0.25, -0.2) is 4.79 Å². The van der Waals surface area contributed by atoms with Gasteiger partial charge in [0, 0.05) is 0 Å². The lowest BCUT2D eigenvalue weighted by Gasteiger charge is -2.15. The Morgan fingerprint density at radius 3 is 2.76 bits per heavy atom. The van der Waals surface area contributed by atoms with Crippen molar-refractivity contribution in [3.8, 4) is 5.75 Å². The summed E-state index contributed by atoms with van der Waals surface area (Å²) in [5.74, 6) is -0.369. The Morgan fingerprint density at radius 2 is 2.18 bits per heavy atom. The van der Waals surface area contributed by atoms with Gasteiger partial charge >= 0.3 is 5.97 Å². The first kappa shape index (κ1) is 13.0. The van der Waals surface area contributed by atoms with Crippen LogP contribution in [0.25, 0.3) is 0 Å². The van der Waals surface area contributed by atoms with Crippen LogP contribution in [0.3, 0.4) is 0 Å². The van der Waals surface area contributed by atoms with Crippen LogP contribution < -0.4 is 4.74 Å². The summed E-state index contributed by atoms with van der Waals surface area (Å²) < 4.78 is 5.04. The van der Waals surface area contributed by atoms with Crippen molar-refractivity contribution in [1.29, 1.82) is 0 Å². The zero-order valence-corrected chi connectivity index (χ0v) is 10.0. The highest BCUT2D eigenvalue weighted by Crippen LogP contribution is 2.12. The minimum atomic E-state index is -1.34. The first-order valence-electron chi connectivity index (χ1n) is 5.05. The highest BCUT2D eigenvalue weighted by Gasteiger charge is 2.29. The number of methoxy groups -OCH3 is 1. The number of oxime groups is 1. The number of carboxylic acids is 1. The topological polar surface area (TPSA) is 68.1 Å². The second-order valence-corrected chi connectivity index (χ2v) is 3.92. The number of rotatable bonds is 5. The molecule has 1 aromatic carbocycles. The fourth-order valence-corrected chi connectivity index (χ4v) is 0.980. The van der Waals surface area contributed by atoms with Crippen LogP contribution in [0.5, 0.6) is 5.75 Å². The van der Waals surface area contributed by atoms with Crippen molar-refractivity contribution >= 4 is 12.2 Å². The van der Waals surface area contributed by atoms with Crippen LogP contribution in [0, 0.1) is 0 Å². The van der Waals surface area contributed by atoms with Gasteiger partial charge in [0.25, 0.3) is 0 Å². The molecule has 0 aliphatic heterocycles. The molecule has 1 N–H and O–H groups in total. The molecule has 0 radical (unpaired) electrons. The van der Waals surface area contributed by atoms with E-state index in [4.69, 9.17) is 14.7 Å². The molecule has 0 spiro atoms. The molecule has 1 rings (SSSR count). The molecule has 0 saturated heterocycles. The number of carbonyl (C=O) groups is 1. The minimum absolute atomic E-state index is 0.700. The van der Waals surface area contributed by atoms with Crippen LogP contribution in [-0.2, 0) is 9.63 Å². The maximum Gasteiger partial charge on any atom is 0.350 e. The number of hydrogen-bond donors (Lipinski definition) is 1. The molecule has 0 heterocycles. The Kier molecular flexibility index (Phi) is 4.09. The summed E-state index contributed by atoms with van der Waals surface area (Å²) in [6.07, 6.45) is 1.44. The lowest BCUT2D eigenvalue weighted by atomic mass is 10.1. The van der Waals surface area contributed by atoms with Gasteiger partial charge in [0.2, 0.25) is 5.60 Å². The summed E-state index contributed by atoms with van der Waals surface area (Å²) in [6.45, 7) is 2.86. The molecule has 0 aliphatic carbocycles. The maximum absolute atomic E-state index is 10.7. The normalized spacial score (nSPS) is 11.5. The quantitative estimate of drug-likeness (QED) is 0.627. The molecule has 17 heavy (non-hydrogen) atoms. The Hall–Kier alpha value is -2.04. The van der Waals surface area contributed by atoms with Crippen LogP contribution in [0.2, 0.25) is 0 Å². The predicted molar refractivity (Wildman–Crippen MR) is 63.4 cm³/mol. The van der Waals surface area contributed by atoms with Gasteiger partial charge in [-0.2, -0.15) is 0 Å². The monoisotopic (exact) mass is 237 g/mol. The van der Waals surface area contributed by atoms with Crippen LogP contribution in [0.1, 0.15) is 19.4 Å². The maximum atomic E-state index is 10.7. The summed E-state index contributed by atoms with van der Waals surface area (Å²) in [6, 6.07) is 7.19. The number of benzene rings is 1. The van der Waals surface area contributed by atoms with Gasteiger partial charge in [-0.15, -0.1) is 0 Å². The van der Waals surface area contributed by atoms with Gasteiger partial charge in [0.1, 0.15) is 5.75 Å². The van der Waals surface area contributed by atoms with Gasteiger partial charge in [0.15, 0.2) is 0 Å². The average Bonchev–Trinajstić information content (AvgIpc) is 2.29. The molecule has 0 saturated carbocycles. The van der Waals surface area contributed by atoms with Crippen LogP contribution in [-0.4, -0.2) is 30.0 Å². The molecule has 92 valence electrons. The van der Waals surface area contributed by atoms with Crippen LogP contribution in [0.15, 0.2) is 29.4 Å².